The van der Waals surface area contributed by atoms with Crippen molar-refractivity contribution >= 4 is 28.7 Å². The molecule has 0 radical (unpaired) electrons. The van der Waals surface area contributed by atoms with Gasteiger partial charge in [-0.1, -0.05) is 23.7 Å². The first-order chi connectivity index (χ1) is 8.09. The smallest absolute Gasteiger partial charge is 0.177 e. The van der Waals surface area contributed by atoms with Gasteiger partial charge in [-0.05, 0) is 35.6 Å². The lowest BCUT2D eigenvalue weighted by molar-refractivity contribution is 0.0995. The summed E-state index contributed by atoms with van der Waals surface area (Å²) in [5.41, 5.74) is 1.28. The first-order valence-corrected chi connectivity index (χ1v) is 6.35. The maximum absolute atomic E-state index is 13.6. The molecular weight excluding hydrogens is 259 g/mol. The fourth-order valence-electron chi connectivity index (χ4n) is 1.60. The minimum atomic E-state index is -0.503. The Morgan fingerprint density at radius 3 is 2.82 bits per heavy atom. The second kappa shape index (κ2) is 4.98. The Balaban J connectivity index is 2.25. The highest BCUT2D eigenvalue weighted by Gasteiger charge is 2.14. The number of hydrogen-bond donors (Lipinski definition) is 0. The third-order valence-corrected chi connectivity index (χ3v) is 3.85. The lowest BCUT2D eigenvalue weighted by atomic mass is 10.1. The monoisotopic (exact) mass is 268 g/mol. The summed E-state index contributed by atoms with van der Waals surface area (Å²) in [6, 6.07) is 6.59. The van der Waals surface area contributed by atoms with E-state index in [1.54, 1.807) is 12.1 Å². The van der Waals surface area contributed by atoms with Crippen molar-refractivity contribution in [2.45, 2.75) is 13.3 Å². The highest BCUT2D eigenvalue weighted by atomic mass is 35.5. The number of aryl methyl sites for hydroxylation is 1. The molecule has 0 unspecified atom stereocenters. The van der Waals surface area contributed by atoms with Crippen molar-refractivity contribution in [1.82, 2.24) is 0 Å². The molecule has 0 aliphatic carbocycles. The van der Waals surface area contributed by atoms with E-state index < -0.39 is 5.82 Å². The van der Waals surface area contributed by atoms with Crippen molar-refractivity contribution in [2.24, 2.45) is 0 Å². The third-order valence-electron chi connectivity index (χ3n) is 2.50. The van der Waals surface area contributed by atoms with Gasteiger partial charge in [0.2, 0.25) is 0 Å². The van der Waals surface area contributed by atoms with E-state index in [4.69, 9.17) is 11.6 Å². The van der Waals surface area contributed by atoms with Crippen LogP contribution >= 0.6 is 22.9 Å². The molecule has 0 aliphatic rings. The van der Waals surface area contributed by atoms with Gasteiger partial charge in [0.05, 0.1) is 9.90 Å². The van der Waals surface area contributed by atoms with Crippen LogP contribution in [-0.2, 0) is 6.42 Å². The van der Waals surface area contributed by atoms with Crippen molar-refractivity contribution in [3.63, 3.8) is 0 Å². The molecule has 0 amide bonds. The number of halogens is 2. The maximum atomic E-state index is 13.6. The summed E-state index contributed by atoms with van der Waals surface area (Å²) in [6.45, 7) is 1.87. The van der Waals surface area contributed by atoms with Gasteiger partial charge >= 0.3 is 0 Å². The lowest BCUT2D eigenvalue weighted by Crippen LogP contribution is -2.04. The van der Waals surface area contributed by atoms with Crippen LogP contribution in [-0.4, -0.2) is 5.78 Å². The molecule has 2 rings (SSSR count). The number of Topliss-reactive ketones (excluding diaryl/α,β-unsaturated/α-hetero) is 1. The van der Waals surface area contributed by atoms with Crippen LogP contribution in [0.4, 0.5) is 4.39 Å². The Morgan fingerprint density at radius 1 is 1.41 bits per heavy atom. The standard InChI is InChI=1S/C13H10ClFOS/c1-8-5-6-17-13(8)11(16)7-9-3-2-4-10(14)12(9)15/h2-6H,7H2,1H3. The van der Waals surface area contributed by atoms with Crippen LogP contribution in [0.3, 0.4) is 0 Å². The molecular formula is C13H10ClFOS. The van der Waals surface area contributed by atoms with Crippen molar-refractivity contribution < 1.29 is 9.18 Å². The molecule has 0 spiro atoms. The predicted molar refractivity (Wildman–Crippen MR) is 68.5 cm³/mol. The van der Waals surface area contributed by atoms with Crippen LogP contribution in [0.25, 0.3) is 0 Å². The second-order valence-electron chi connectivity index (χ2n) is 3.75. The van der Waals surface area contributed by atoms with Crippen molar-refractivity contribution in [3.05, 3.63) is 56.5 Å². The normalized spacial score (nSPS) is 10.5. The topological polar surface area (TPSA) is 17.1 Å². The van der Waals surface area contributed by atoms with Crippen molar-refractivity contribution in [3.8, 4) is 0 Å². The van der Waals surface area contributed by atoms with E-state index in [1.165, 1.54) is 17.4 Å². The molecule has 0 atom stereocenters. The first-order valence-electron chi connectivity index (χ1n) is 5.10. The summed E-state index contributed by atoms with van der Waals surface area (Å²) in [4.78, 5) is 12.6. The molecule has 17 heavy (non-hydrogen) atoms. The molecule has 2 aromatic rings. The molecule has 1 heterocycles. The highest BCUT2D eigenvalue weighted by molar-refractivity contribution is 7.12. The van der Waals surface area contributed by atoms with Gasteiger partial charge in [-0.2, -0.15) is 0 Å². The van der Waals surface area contributed by atoms with Gasteiger partial charge in [-0.25, -0.2) is 4.39 Å². The van der Waals surface area contributed by atoms with E-state index in [0.29, 0.717) is 10.4 Å². The molecule has 1 aromatic heterocycles. The largest absolute Gasteiger partial charge is 0.293 e. The number of carbonyl (C=O) groups excluding carboxylic acids is 1. The van der Waals surface area contributed by atoms with Crippen LogP contribution < -0.4 is 0 Å². The van der Waals surface area contributed by atoms with E-state index in [9.17, 15) is 9.18 Å². The Kier molecular flexibility index (Phi) is 3.60. The molecule has 0 bridgehead atoms. The van der Waals surface area contributed by atoms with Crippen LogP contribution in [0.5, 0.6) is 0 Å². The van der Waals surface area contributed by atoms with Crippen LogP contribution in [0.2, 0.25) is 5.02 Å². The number of rotatable bonds is 3. The molecule has 88 valence electrons. The summed E-state index contributed by atoms with van der Waals surface area (Å²) in [5.74, 6) is -0.574. The minimum absolute atomic E-state index is 0.0494. The number of hydrogen-bond acceptors (Lipinski definition) is 2. The molecule has 0 aliphatic heterocycles. The fraction of sp³-hybridized carbons (Fsp3) is 0.154. The molecule has 0 fully saturated rings. The Labute approximate surface area is 108 Å². The Hall–Kier alpha value is -1.19. The van der Waals surface area contributed by atoms with E-state index in [2.05, 4.69) is 0 Å². The van der Waals surface area contributed by atoms with Gasteiger partial charge in [0.15, 0.2) is 5.78 Å². The van der Waals surface area contributed by atoms with Gasteiger partial charge in [0.25, 0.3) is 0 Å². The summed E-state index contributed by atoms with van der Waals surface area (Å²) in [5, 5.41) is 1.91. The quantitative estimate of drug-likeness (QED) is 0.760. The number of ketones is 1. The number of thiophene rings is 1. The Bertz CT molecular complexity index is 562. The molecule has 0 N–H and O–H groups in total. The molecule has 1 aromatic carbocycles. The summed E-state index contributed by atoms with van der Waals surface area (Å²) >= 11 is 7.05. The van der Waals surface area contributed by atoms with E-state index in [0.717, 1.165) is 5.56 Å². The van der Waals surface area contributed by atoms with Gasteiger partial charge in [-0.15, -0.1) is 11.3 Å². The fourth-order valence-corrected chi connectivity index (χ4v) is 2.66. The molecule has 4 heteroatoms. The zero-order valence-corrected chi connectivity index (χ0v) is 10.7. The van der Waals surface area contributed by atoms with Gasteiger partial charge in [-0.3, -0.25) is 4.79 Å². The van der Waals surface area contributed by atoms with Crippen LogP contribution in [0.1, 0.15) is 20.8 Å². The molecule has 1 nitrogen and oxygen atoms in total. The zero-order chi connectivity index (χ0) is 12.4. The average Bonchev–Trinajstić information content (AvgIpc) is 2.71. The number of benzene rings is 1. The SMILES string of the molecule is Cc1ccsc1C(=O)Cc1cccc(Cl)c1F. The molecule has 0 saturated heterocycles. The predicted octanol–water partition coefficient (Wildman–Crippen LogP) is 4.27. The van der Waals surface area contributed by atoms with Gasteiger partial charge < -0.3 is 0 Å². The minimum Gasteiger partial charge on any atom is -0.293 e. The highest BCUT2D eigenvalue weighted by Crippen LogP contribution is 2.22. The van der Waals surface area contributed by atoms with Crippen LogP contribution in [0.15, 0.2) is 29.6 Å². The molecule has 0 saturated carbocycles. The van der Waals surface area contributed by atoms with E-state index >= 15 is 0 Å². The van der Waals surface area contributed by atoms with Crippen LogP contribution in [0, 0.1) is 12.7 Å². The van der Waals surface area contributed by atoms with E-state index in [-0.39, 0.29) is 17.2 Å². The summed E-state index contributed by atoms with van der Waals surface area (Å²) < 4.78 is 13.6. The summed E-state index contributed by atoms with van der Waals surface area (Å²) in [7, 11) is 0. The van der Waals surface area contributed by atoms with E-state index in [1.807, 2.05) is 18.4 Å². The average molecular weight is 269 g/mol. The zero-order valence-electron chi connectivity index (χ0n) is 9.17. The Morgan fingerprint density at radius 2 is 2.18 bits per heavy atom. The van der Waals surface area contributed by atoms with Gasteiger partial charge in [0.1, 0.15) is 5.82 Å². The van der Waals surface area contributed by atoms with Crippen molar-refractivity contribution in [2.75, 3.05) is 0 Å². The van der Waals surface area contributed by atoms with Crippen molar-refractivity contribution in [1.29, 1.82) is 0 Å². The second-order valence-corrected chi connectivity index (χ2v) is 5.07. The third kappa shape index (κ3) is 2.56. The number of carbonyl (C=O) groups is 1. The maximum Gasteiger partial charge on any atom is 0.177 e. The first kappa shape index (κ1) is 12.3. The van der Waals surface area contributed by atoms with Gasteiger partial charge in [0, 0.05) is 6.42 Å². The summed E-state index contributed by atoms with van der Waals surface area (Å²) in [6.07, 6.45) is 0.0494. The lowest BCUT2D eigenvalue weighted by Gasteiger charge is -2.03.